The van der Waals surface area contributed by atoms with Gasteiger partial charge in [0.15, 0.2) is 0 Å². The SMILES string of the molecule is CCC1(CNC(=O)N(CC(N)=O)CC(=O)O)CCCC1. The zero-order valence-electron chi connectivity index (χ0n) is 11.9. The molecule has 1 aliphatic rings. The highest BCUT2D eigenvalue weighted by Crippen LogP contribution is 2.40. The van der Waals surface area contributed by atoms with E-state index in [1.807, 2.05) is 0 Å². The third kappa shape index (κ3) is 4.71. The Hall–Kier alpha value is -1.79. The maximum absolute atomic E-state index is 12.0. The van der Waals surface area contributed by atoms with E-state index in [2.05, 4.69) is 12.2 Å². The molecule has 1 saturated carbocycles. The van der Waals surface area contributed by atoms with Gasteiger partial charge in [-0.2, -0.15) is 0 Å². The highest BCUT2D eigenvalue weighted by Gasteiger charge is 2.32. The number of nitrogens with two attached hydrogens (primary N) is 1. The van der Waals surface area contributed by atoms with Gasteiger partial charge in [0.05, 0.1) is 0 Å². The highest BCUT2D eigenvalue weighted by atomic mass is 16.4. The lowest BCUT2D eigenvalue weighted by Gasteiger charge is -2.29. The molecule has 0 bridgehead atoms. The Morgan fingerprint density at radius 1 is 1.25 bits per heavy atom. The van der Waals surface area contributed by atoms with Gasteiger partial charge in [0.1, 0.15) is 13.1 Å². The zero-order chi connectivity index (χ0) is 15.2. The minimum absolute atomic E-state index is 0.108. The van der Waals surface area contributed by atoms with Gasteiger partial charge in [-0.1, -0.05) is 19.8 Å². The molecule has 0 heterocycles. The summed E-state index contributed by atoms with van der Waals surface area (Å²) in [5, 5.41) is 11.5. The van der Waals surface area contributed by atoms with Crippen LogP contribution < -0.4 is 11.1 Å². The summed E-state index contributed by atoms with van der Waals surface area (Å²) in [6, 6.07) is -0.550. The number of carbonyl (C=O) groups excluding carboxylic acids is 2. The Balaban J connectivity index is 2.56. The molecule has 0 aliphatic heterocycles. The smallest absolute Gasteiger partial charge is 0.323 e. The lowest BCUT2D eigenvalue weighted by Crippen LogP contribution is -2.48. The van der Waals surface area contributed by atoms with Crippen molar-refractivity contribution in [2.75, 3.05) is 19.6 Å². The number of carbonyl (C=O) groups is 3. The van der Waals surface area contributed by atoms with Gasteiger partial charge in [0.2, 0.25) is 5.91 Å². The fraction of sp³-hybridized carbons (Fsp3) is 0.769. The van der Waals surface area contributed by atoms with Crippen molar-refractivity contribution in [1.29, 1.82) is 0 Å². The van der Waals surface area contributed by atoms with E-state index in [1.54, 1.807) is 0 Å². The molecule has 1 fully saturated rings. The number of carboxylic acids is 1. The predicted octanol–water partition coefficient (Wildman–Crippen LogP) is 0.538. The number of nitrogens with one attached hydrogen (secondary N) is 1. The number of urea groups is 1. The summed E-state index contributed by atoms with van der Waals surface area (Å²) in [7, 11) is 0. The number of aliphatic carboxylic acids is 1. The Labute approximate surface area is 118 Å². The van der Waals surface area contributed by atoms with Crippen LogP contribution in [0.15, 0.2) is 0 Å². The fourth-order valence-electron chi connectivity index (χ4n) is 2.71. The van der Waals surface area contributed by atoms with Gasteiger partial charge in [-0.05, 0) is 24.7 Å². The van der Waals surface area contributed by atoms with Crippen molar-refractivity contribution in [2.45, 2.75) is 39.0 Å². The molecule has 1 aliphatic carbocycles. The molecule has 0 radical (unpaired) electrons. The summed E-state index contributed by atoms with van der Waals surface area (Å²) in [6.45, 7) is 1.68. The van der Waals surface area contributed by atoms with Crippen molar-refractivity contribution in [1.82, 2.24) is 10.2 Å². The van der Waals surface area contributed by atoms with Crippen LogP contribution in [0.25, 0.3) is 0 Å². The molecule has 3 amide bonds. The van der Waals surface area contributed by atoms with E-state index in [0.29, 0.717) is 6.54 Å². The molecule has 114 valence electrons. The quantitative estimate of drug-likeness (QED) is 0.633. The van der Waals surface area contributed by atoms with E-state index in [4.69, 9.17) is 10.8 Å². The topological polar surface area (TPSA) is 113 Å². The molecule has 0 aromatic carbocycles. The van der Waals surface area contributed by atoms with Crippen molar-refractivity contribution >= 4 is 17.9 Å². The molecule has 0 unspecified atom stereocenters. The first-order valence-corrected chi connectivity index (χ1v) is 6.91. The van der Waals surface area contributed by atoms with Crippen LogP contribution in [0, 0.1) is 5.41 Å². The van der Waals surface area contributed by atoms with Crippen molar-refractivity contribution < 1.29 is 19.5 Å². The molecule has 0 saturated heterocycles. The first-order chi connectivity index (χ1) is 9.38. The van der Waals surface area contributed by atoms with E-state index in [0.717, 1.165) is 37.0 Å². The van der Waals surface area contributed by atoms with Crippen LogP contribution in [-0.4, -0.2) is 47.5 Å². The van der Waals surface area contributed by atoms with Crippen molar-refractivity contribution in [3.05, 3.63) is 0 Å². The number of amides is 3. The molecular weight excluding hydrogens is 262 g/mol. The molecule has 7 nitrogen and oxygen atoms in total. The van der Waals surface area contributed by atoms with Gasteiger partial charge in [0.25, 0.3) is 0 Å². The third-order valence-corrected chi connectivity index (χ3v) is 3.99. The van der Waals surface area contributed by atoms with Crippen LogP contribution in [0.5, 0.6) is 0 Å². The minimum atomic E-state index is -1.17. The van der Waals surface area contributed by atoms with Crippen molar-refractivity contribution in [3.8, 4) is 0 Å². The lowest BCUT2D eigenvalue weighted by molar-refractivity contribution is -0.137. The van der Waals surface area contributed by atoms with Crippen LogP contribution in [0.1, 0.15) is 39.0 Å². The molecule has 0 atom stereocenters. The van der Waals surface area contributed by atoms with Gasteiger partial charge in [0, 0.05) is 6.54 Å². The second-order valence-electron chi connectivity index (χ2n) is 5.44. The number of primary amides is 1. The largest absolute Gasteiger partial charge is 0.480 e. The number of carboxylic acid groups (broad SMARTS) is 1. The summed E-state index contributed by atoms with van der Waals surface area (Å²) in [5.41, 5.74) is 5.13. The minimum Gasteiger partial charge on any atom is -0.480 e. The third-order valence-electron chi connectivity index (χ3n) is 3.99. The standard InChI is InChI=1S/C13H23N3O4/c1-2-13(5-3-4-6-13)9-15-12(20)16(7-10(14)17)8-11(18)19/h2-9H2,1H3,(H2,14,17)(H,15,20)(H,18,19). The normalized spacial score (nSPS) is 16.6. The van der Waals surface area contributed by atoms with Crippen LogP contribution in [0.3, 0.4) is 0 Å². The highest BCUT2D eigenvalue weighted by molar-refractivity contribution is 5.85. The van der Waals surface area contributed by atoms with Crippen molar-refractivity contribution in [2.24, 2.45) is 11.1 Å². The van der Waals surface area contributed by atoms with Crippen LogP contribution in [0.4, 0.5) is 4.79 Å². The van der Waals surface area contributed by atoms with Crippen LogP contribution in [0.2, 0.25) is 0 Å². The summed E-state index contributed by atoms with van der Waals surface area (Å²) in [5.74, 6) is -1.90. The number of hydrogen-bond donors (Lipinski definition) is 3. The van der Waals surface area contributed by atoms with E-state index in [1.165, 1.54) is 0 Å². The predicted molar refractivity (Wildman–Crippen MR) is 73.0 cm³/mol. The Kier molecular flexibility index (Phi) is 5.79. The molecule has 0 aromatic rings. The Morgan fingerprint density at radius 2 is 1.85 bits per heavy atom. The van der Waals surface area contributed by atoms with E-state index in [-0.39, 0.29) is 5.41 Å². The van der Waals surface area contributed by atoms with Gasteiger partial charge < -0.3 is 21.1 Å². The Bertz CT molecular complexity index is 362. The maximum atomic E-state index is 12.0. The Morgan fingerprint density at radius 3 is 2.30 bits per heavy atom. The summed E-state index contributed by atoms with van der Waals surface area (Å²) in [6.07, 6.45) is 5.42. The molecular formula is C13H23N3O4. The molecule has 0 spiro atoms. The first kappa shape index (κ1) is 16.3. The average molecular weight is 285 g/mol. The van der Waals surface area contributed by atoms with Gasteiger partial charge in [-0.3, -0.25) is 9.59 Å². The van der Waals surface area contributed by atoms with Crippen molar-refractivity contribution in [3.63, 3.8) is 0 Å². The monoisotopic (exact) mass is 285 g/mol. The van der Waals surface area contributed by atoms with Crippen LogP contribution in [-0.2, 0) is 9.59 Å². The molecule has 1 rings (SSSR count). The van der Waals surface area contributed by atoms with E-state index in [9.17, 15) is 14.4 Å². The lowest BCUT2D eigenvalue weighted by atomic mass is 9.83. The van der Waals surface area contributed by atoms with Gasteiger partial charge in [-0.15, -0.1) is 0 Å². The summed E-state index contributed by atoms with van der Waals surface area (Å²) < 4.78 is 0. The van der Waals surface area contributed by atoms with E-state index >= 15 is 0 Å². The average Bonchev–Trinajstić information content (AvgIpc) is 2.83. The second kappa shape index (κ2) is 7.12. The van der Waals surface area contributed by atoms with Crippen LogP contribution >= 0.6 is 0 Å². The van der Waals surface area contributed by atoms with Gasteiger partial charge in [-0.25, -0.2) is 4.79 Å². The second-order valence-corrected chi connectivity index (χ2v) is 5.44. The molecule has 4 N–H and O–H groups in total. The first-order valence-electron chi connectivity index (χ1n) is 6.91. The zero-order valence-corrected chi connectivity index (χ0v) is 11.9. The fourth-order valence-corrected chi connectivity index (χ4v) is 2.71. The molecule has 20 heavy (non-hydrogen) atoms. The van der Waals surface area contributed by atoms with E-state index < -0.39 is 31.0 Å². The maximum Gasteiger partial charge on any atom is 0.323 e. The molecule has 7 heteroatoms. The molecule has 0 aromatic heterocycles. The number of nitrogens with zero attached hydrogens (tertiary/aromatic N) is 1. The summed E-state index contributed by atoms with van der Waals surface area (Å²) >= 11 is 0. The summed E-state index contributed by atoms with van der Waals surface area (Å²) in [4.78, 5) is 34.5. The van der Waals surface area contributed by atoms with Gasteiger partial charge >= 0.3 is 12.0 Å². The number of rotatable bonds is 7. The number of hydrogen-bond acceptors (Lipinski definition) is 3.